The van der Waals surface area contributed by atoms with Crippen molar-refractivity contribution in [3.05, 3.63) is 30.2 Å². The summed E-state index contributed by atoms with van der Waals surface area (Å²) in [6, 6.07) is 3.41. The summed E-state index contributed by atoms with van der Waals surface area (Å²) >= 11 is 0. The molecular formula is C15H17F3N2O3. The highest BCUT2D eigenvalue weighted by molar-refractivity contribution is 5.91. The predicted molar refractivity (Wildman–Crippen MR) is 76.1 cm³/mol. The summed E-state index contributed by atoms with van der Waals surface area (Å²) in [5.74, 6) is -0.758. The molecule has 0 radical (unpaired) electrons. The van der Waals surface area contributed by atoms with Crippen molar-refractivity contribution < 1.29 is 27.2 Å². The van der Waals surface area contributed by atoms with Gasteiger partial charge in [0.25, 0.3) is 0 Å². The third kappa shape index (κ3) is 5.46. The molecule has 23 heavy (non-hydrogen) atoms. The molecule has 1 aromatic heterocycles. The molecule has 1 saturated heterocycles. The Hall–Kier alpha value is -2.25. The predicted octanol–water partition coefficient (Wildman–Crippen LogP) is 2.21. The molecule has 8 heteroatoms. The van der Waals surface area contributed by atoms with Crippen LogP contribution in [0.15, 0.2) is 28.9 Å². The van der Waals surface area contributed by atoms with Crippen LogP contribution in [-0.4, -0.2) is 42.5 Å². The lowest BCUT2D eigenvalue weighted by molar-refractivity contribution is -0.142. The first kappa shape index (κ1) is 17.1. The zero-order chi connectivity index (χ0) is 16.9. The summed E-state index contributed by atoms with van der Waals surface area (Å²) in [7, 11) is 0. The van der Waals surface area contributed by atoms with E-state index in [0.29, 0.717) is 31.7 Å². The Morgan fingerprint density at radius 2 is 2.04 bits per heavy atom. The van der Waals surface area contributed by atoms with Crippen molar-refractivity contribution in [2.24, 2.45) is 5.92 Å². The lowest BCUT2D eigenvalue weighted by atomic mass is 9.96. The zero-order valence-electron chi connectivity index (χ0n) is 12.3. The molecule has 0 aromatic carbocycles. The van der Waals surface area contributed by atoms with E-state index < -0.39 is 24.5 Å². The zero-order valence-corrected chi connectivity index (χ0v) is 12.3. The van der Waals surface area contributed by atoms with Gasteiger partial charge in [-0.3, -0.25) is 9.59 Å². The molecule has 0 spiro atoms. The third-order valence-corrected chi connectivity index (χ3v) is 3.57. The van der Waals surface area contributed by atoms with Gasteiger partial charge in [0.15, 0.2) is 0 Å². The maximum atomic E-state index is 12.1. The Balaban J connectivity index is 1.77. The summed E-state index contributed by atoms with van der Waals surface area (Å²) in [5, 5.41) is 1.89. The molecule has 0 atom stereocenters. The van der Waals surface area contributed by atoms with E-state index >= 15 is 0 Å². The first-order chi connectivity index (χ1) is 10.8. The van der Waals surface area contributed by atoms with Crippen molar-refractivity contribution >= 4 is 17.9 Å². The molecule has 1 aliphatic heterocycles. The summed E-state index contributed by atoms with van der Waals surface area (Å²) in [6.07, 6.45) is 0.708. The largest absolute Gasteiger partial charge is 0.465 e. The van der Waals surface area contributed by atoms with E-state index in [1.54, 1.807) is 23.1 Å². The molecule has 0 aliphatic carbocycles. The van der Waals surface area contributed by atoms with Gasteiger partial charge < -0.3 is 14.6 Å². The summed E-state index contributed by atoms with van der Waals surface area (Å²) in [6.45, 7) is -0.645. The molecule has 0 bridgehead atoms. The van der Waals surface area contributed by atoms with Gasteiger partial charge in [0.2, 0.25) is 11.8 Å². The number of rotatable bonds is 4. The second-order valence-corrected chi connectivity index (χ2v) is 5.28. The number of piperidine rings is 1. The number of furan rings is 1. The molecule has 1 aliphatic rings. The van der Waals surface area contributed by atoms with E-state index in [4.69, 9.17) is 4.42 Å². The van der Waals surface area contributed by atoms with Gasteiger partial charge in [0, 0.05) is 25.1 Å². The van der Waals surface area contributed by atoms with Crippen LogP contribution >= 0.6 is 0 Å². The van der Waals surface area contributed by atoms with Gasteiger partial charge in [0.1, 0.15) is 12.3 Å². The minimum atomic E-state index is -4.41. The first-order valence-electron chi connectivity index (χ1n) is 7.20. The van der Waals surface area contributed by atoms with Gasteiger partial charge in [-0.1, -0.05) is 0 Å². The number of likely N-dealkylation sites (tertiary alicyclic amines) is 1. The molecule has 1 N–H and O–H groups in total. The Morgan fingerprint density at radius 3 is 2.61 bits per heavy atom. The topological polar surface area (TPSA) is 62.6 Å². The van der Waals surface area contributed by atoms with E-state index in [1.807, 2.05) is 5.32 Å². The van der Waals surface area contributed by atoms with E-state index in [1.165, 1.54) is 12.3 Å². The lowest BCUT2D eigenvalue weighted by Crippen LogP contribution is -2.44. The SMILES string of the molecule is O=C(NCC(F)(F)F)C1CCN(C(=O)/C=C/c2ccco2)CC1. The van der Waals surface area contributed by atoms with Crippen LogP contribution in [0.25, 0.3) is 6.08 Å². The normalized spacial score (nSPS) is 16.7. The number of hydrogen-bond acceptors (Lipinski definition) is 3. The Morgan fingerprint density at radius 1 is 1.35 bits per heavy atom. The lowest BCUT2D eigenvalue weighted by Gasteiger charge is -2.30. The standard InChI is InChI=1S/C15H17F3N2O3/c16-15(17,18)10-19-14(22)11-5-7-20(8-6-11)13(21)4-3-12-2-1-9-23-12/h1-4,9,11H,5-8,10H2,(H,19,22)/b4-3+. The molecule has 0 unspecified atom stereocenters. The summed E-state index contributed by atoms with van der Waals surface area (Å²) in [4.78, 5) is 25.2. The number of alkyl halides is 3. The van der Waals surface area contributed by atoms with Crippen molar-refractivity contribution in [2.75, 3.05) is 19.6 Å². The van der Waals surface area contributed by atoms with Gasteiger partial charge in [0.05, 0.1) is 6.26 Å². The van der Waals surface area contributed by atoms with E-state index in [0.717, 1.165) is 0 Å². The highest BCUT2D eigenvalue weighted by Crippen LogP contribution is 2.19. The average molecular weight is 330 g/mol. The highest BCUT2D eigenvalue weighted by atomic mass is 19.4. The number of carbonyl (C=O) groups is 2. The van der Waals surface area contributed by atoms with Gasteiger partial charge in [-0.2, -0.15) is 13.2 Å². The van der Waals surface area contributed by atoms with Gasteiger partial charge >= 0.3 is 6.18 Å². The Bertz CT molecular complexity index is 559. The maximum Gasteiger partial charge on any atom is 0.405 e. The quantitative estimate of drug-likeness (QED) is 0.861. The average Bonchev–Trinajstić information content (AvgIpc) is 3.03. The number of halogens is 3. The molecule has 0 saturated carbocycles. The van der Waals surface area contributed by atoms with E-state index in [-0.39, 0.29) is 5.91 Å². The third-order valence-electron chi connectivity index (χ3n) is 3.57. The minimum Gasteiger partial charge on any atom is -0.465 e. The summed E-state index contributed by atoms with van der Waals surface area (Å²) < 4.78 is 41.3. The van der Waals surface area contributed by atoms with Crippen LogP contribution in [0, 0.1) is 5.92 Å². The molecule has 5 nitrogen and oxygen atoms in total. The van der Waals surface area contributed by atoms with Crippen LogP contribution in [0.1, 0.15) is 18.6 Å². The van der Waals surface area contributed by atoms with Crippen LogP contribution in [0.3, 0.4) is 0 Å². The van der Waals surface area contributed by atoms with Crippen molar-refractivity contribution in [3.63, 3.8) is 0 Å². The molecule has 2 amide bonds. The molecule has 126 valence electrons. The number of amides is 2. The molecule has 1 fully saturated rings. The van der Waals surface area contributed by atoms with E-state index in [9.17, 15) is 22.8 Å². The minimum absolute atomic E-state index is 0.212. The number of hydrogen-bond donors (Lipinski definition) is 1. The first-order valence-corrected chi connectivity index (χ1v) is 7.20. The number of carbonyl (C=O) groups excluding carboxylic acids is 2. The second kappa shape index (κ2) is 7.34. The molecular weight excluding hydrogens is 313 g/mol. The van der Waals surface area contributed by atoms with Crippen molar-refractivity contribution in [1.82, 2.24) is 10.2 Å². The fraction of sp³-hybridized carbons (Fsp3) is 0.467. The van der Waals surface area contributed by atoms with Crippen LogP contribution in [0.4, 0.5) is 13.2 Å². The second-order valence-electron chi connectivity index (χ2n) is 5.28. The van der Waals surface area contributed by atoms with Gasteiger partial charge in [-0.05, 0) is 31.1 Å². The number of nitrogens with one attached hydrogen (secondary N) is 1. The van der Waals surface area contributed by atoms with Crippen LogP contribution in [-0.2, 0) is 9.59 Å². The van der Waals surface area contributed by atoms with Crippen molar-refractivity contribution in [2.45, 2.75) is 19.0 Å². The molecule has 1 aromatic rings. The monoisotopic (exact) mass is 330 g/mol. The van der Waals surface area contributed by atoms with Crippen LogP contribution in [0.2, 0.25) is 0 Å². The maximum absolute atomic E-state index is 12.1. The fourth-order valence-electron chi connectivity index (χ4n) is 2.34. The Labute approximate surface area is 131 Å². The van der Waals surface area contributed by atoms with Gasteiger partial charge in [-0.25, -0.2) is 0 Å². The highest BCUT2D eigenvalue weighted by Gasteiger charge is 2.31. The van der Waals surface area contributed by atoms with Crippen molar-refractivity contribution in [3.8, 4) is 0 Å². The van der Waals surface area contributed by atoms with E-state index in [2.05, 4.69) is 0 Å². The summed E-state index contributed by atoms with van der Waals surface area (Å²) in [5.41, 5.74) is 0. The number of nitrogens with zero attached hydrogens (tertiary/aromatic N) is 1. The smallest absolute Gasteiger partial charge is 0.405 e. The van der Waals surface area contributed by atoms with Crippen LogP contribution in [0.5, 0.6) is 0 Å². The van der Waals surface area contributed by atoms with Gasteiger partial charge in [-0.15, -0.1) is 0 Å². The molecule has 2 heterocycles. The van der Waals surface area contributed by atoms with Crippen molar-refractivity contribution in [1.29, 1.82) is 0 Å². The Kier molecular flexibility index (Phi) is 5.46. The van der Waals surface area contributed by atoms with Crippen LogP contribution < -0.4 is 5.32 Å². The fourth-order valence-corrected chi connectivity index (χ4v) is 2.34. The molecule has 2 rings (SSSR count).